The summed E-state index contributed by atoms with van der Waals surface area (Å²) in [5.41, 5.74) is 5.98. The minimum atomic E-state index is -1.32. The van der Waals surface area contributed by atoms with Crippen molar-refractivity contribution in [2.45, 2.75) is 71.9 Å². The van der Waals surface area contributed by atoms with E-state index < -0.39 is 11.6 Å². The second kappa shape index (κ2) is 10.8. The van der Waals surface area contributed by atoms with Crippen LogP contribution in [0, 0.1) is 6.92 Å². The molecule has 6 heteroatoms. The van der Waals surface area contributed by atoms with Crippen molar-refractivity contribution in [3.63, 3.8) is 0 Å². The number of benzene rings is 3. The summed E-state index contributed by atoms with van der Waals surface area (Å²) < 4.78 is 7.86. The van der Waals surface area contributed by atoms with Crippen molar-refractivity contribution >= 4 is 22.8 Å². The summed E-state index contributed by atoms with van der Waals surface area (Å²) in [6.45, 7) is 13.7. The molecule has 1 heterocycles. The van der Waals surface area contributed by atoms with E-state index in [1.165, 1.54) is 19.4 Å². The number of carboxylic acids is 1. The van der Waals surface area contributed by atoms with Crippen molar-refractivity contribution < 1.29 is 19.4 Å². The van der Waals surface area contributed by atoms with Gasteiger partial charge in [0.15, 0.2) is 5.60 Å². The zero-order valence-corrected chi connectivity index (χ0v) is 24.8. The van der Waals surface area contributed by atoms with E-state index in [0.717, 1.165) is 33.3 Å². The number of hydrogen-bond donors (Lipinski definition) is 2. The van der Waals surface area contributed by atoms with Gasteiger partial charge in [0.2, 0.25) is 0 Å². The minimum Gasteiger partial charge on any atom is -0.478 e. The van der Waals surface area contributed by atoms with Crippen LogP contribution in [0.1, 0.15) is 85.9 Å². The van der Waals surface area contributed by atoms with E-state index in [4.69, 9.17) is 4.74 Å². The second-order valence-electron chi connectivity index (χ2n) is 12.2. The van der Waals surface area contributed by atoms with Crippen molar-refractivity contribution in [3.8, 4) is 5.75 Å². The maximum atomic E-state index is 13.2. The van der Waals surface area contributed by atoms with E-state index in [1.807, 2.05) is 50.4 Å². The van der Waals surface area contributed by atoms with Gasteiger partial charge >= 0.3 is 5.97 Å². The van der Waals surface area contributed by atoms with Crippen LogP contribution in [0.15, 0.2) is 66.7 Å². The summed E-state index contributed by atoms with van der Waals surface area (Å²) in [4.78, 5) is 24.7. The number of carboxylic acid groups (broad SMARTS) is 1. The van der Waals surface area contributed by atoms with Gasteiger partial charge in [0.1, 0.15) is 5.75 Å². The molecule has 0 unspecified atom stereocenters. The molecular weight excluding hydrogens is 500 g/mol. The highest BCUT2D eigenvalue weighted by Crippen LogP contribution is 2.30. The van der Waals surface area contributed by atoms with E-state index in [9.17, 15) is 14.7 Å². The summed E-state index contributed by atoms with van der Waals surface area (Å²) >= 11 is 0. The lowest BCUT2D eigenvalue weighted by Gasteiger charge is -2.21. The van der Waals surface area contributed by atoms with Crippen molar-refractivity contribution in [2.24, 2.45) is 7.05 Å². The van der Waals surface area contributed by atoms with Gasteiger partial charge in [-0.25, -0.2) is 4.79 Å². The molecule has 6 nitrogen and oxygen atoms in total. The molecule has 1 atom stereocenters. The van der Waals surface area contributed by atoms with E-state index in [2.05, 4.69) is 61.8 Å². The quantitative estimate of drug-likeness (QED) is 0.250. The molecule has 210 valence electrons. The summed E-state index contributed by atoms with van der Waals surface area (Å²) in [6, 6.07) is 21.7. The number of carbonyl (C=O) groups excluding carboxylic acids is 1. The summed E-state index contributed by atoms with van der Waals surface area (Å²) in [6.07, 6.45) is 0.654. The fraction of sp³-hybridized carbons (Fsp3) is 0.353. The van der Waals surface area contributed by atoms with Gasteiger partial charge in [-0.15, -0.1) is 0 Å². The van der Waals surface area contributed by atoms with Gasteiger partial charge in [0, 0.05) is 29.2 Å². The Labute approximate surface area is 237 Å². The Bertz CT molecular complexity index is 1560. The van der Waals surface area contributed by atoms with E-state index in [-0.39, 0.29) is 17.4 Å². The maximum absolute atomic E-state index is 13.2. The largest absolute Gasteiger partial charge is 0.478 e. The van der Waals surface area contributed by atoms with Gasteiger partial charge in [-0.3, -0.25) is 4.79 Å². The number of aliphatic carboxylic acids is 1. The monoisotopic (exact) mass is 540 g/mol. The Morgan fingerprint density at radius 1 is 0.975 bits per heavy atom. The average molecular weight is 541 g/mol. The average Bonchev–Trinajstić information content (AvgIpc) is 3.12. The van der Waals surface area contributed by atoms with Crippen molar-refractivity contribution in [1.29, 1.82) is 0 Å². The molecule has 0 spiro atoms. The smallest absolute Gasteiger partial charge is 0.347 e. The number of nitrogens with one attached hydrogen (secondary N) is 1. The number of carbonyl (C=O) groups is 2. The third kappa shape index (κ3) is 6.06. The zero-order chi connectivity index (χ0) is 29.4. The number of hydrogen-bond acceptors (Lipinski definition) is 3. The fourth-order valence-corrected chi connectivity index (χ4v) is 4.90. The molecule has 0 saturated heterocycles. The third-order valence-corrected chi connectivity index (χ3v) is 7.68. The van der Waals surface area contributed by atoms with Crippen LogP contribution < -0.4 is 10.1 Å². The van der Waals surface area contributed by atoms with E-state index >= 15 is 0 Å². The third-order valence-electron chi connectivity index (χ3n) is 7.68. The number of rotatable bonds is 8. The van der Waals surface area contributed by atoms with Crippen molar-refractivity contribution in [3.05, 3.63) is 100 Å². The molecule has 0 aliphatic heterocycles. The molecule has 3 aromatic carbocycles. The van der Waals surface area contributed by atoms with Crippen LogP contribution in [0.3, 0.4) is 0 Å². The first kappa shape index (κ1) is 28.9. The molecule has 0 aliphatic carbocycles. The molecule has 0 radical (unpaired) electrons. The molecule has 0 bridgehead atoms. The van der Waals surface area contributed by atoms with Crippen LogP contribution in [0.25, 0.3) is 10.9 Å². The SMILES string of the molecule is Cc1c(Cc2cccc(OC(C)(C)C(=O)O)c2)c2ccc(C(=O)N[C@H](C)c3ccc(C(C)(C)C)cc3)cc2n1C. The lowest BCUT2D eigenvalue weighted by molar-refractivity contribution is -0.152. The van der Waals surface area contributed by atoms with Crippen LogP contribution in [0.5, 0.6) is 5.75 Å². The molecule has 4 aromatic rings. The van der Waals surface area contributed by atoms with Crippen LogP contribution in [0.2, 0.25) is 0 Å². The van der Waals surface area contributed by atoms with Crippen LogP contribution in [-0.4, -0.2) is 27.2 Å². The topological polar surface area (TPSA) is 80.6 Å². The molecule has 4 rings (SSSR count). The Kier molecular flexibility index (Phi) is 7.84. The molecule has 0 saturated carbocycles. The minimum absolute atomic E-state index is 0.0837. The van der Waals surface area contributed by atoms with Gasteiger partial charge in [0.25, 0.3) is 5.91 Å². The first-order valence-corrected chi connectivity index (χ1v) is 13.7. The Hall–Kier alpha value is -4.06. The summed E-state index contributed by atoms with van der Waals surface area (Å²) in [5, 5.41) is 13.6. The number of aryl methyl sites for hydroxylation is 1. The molecule has 2 N–H and O–H groups in total. The van der Waals surface area contributed by atoms with Gasteiger partial charge in [-0.1, -0.05) is 63.2 Å². The van der Waals surface area contributed by atoms with Gasteiger partial charge < -0.3 is 19.7 Å². The molecule has 1 amide bonds. The van der Waals surface area contributed by atoms with Crippen LogP contribution in [0.4, 0.5) is 0 Å². The van der Waals surface area contributed by atoms with Crippen LogP contribution >= 0.6 is 0 Å². The highest BCUT2D eigenvalue weighted by molar-refractivity contribution is 5.99. The number of nitrogens with zero attached hydrogens (tertiary/aromatic N) is 1. The lowest BCUT2D eigenvalue weighted by Crippen LogP contribution is -2.37. The fourth-order valence-electron chi connectivity index (χ4n) is 4.90. The molecule has 40 heavy (non-hydrogen) atoms. The normalized spacial score (nSPS) is 12.8. The van der Waals surface area contributed by atoms with Gasteiger partial charge in [-0.05, 0) is 86.1 Å². The molecule has 1 aromatic heterocycles. The predicted octanol–water partition coefficient (Wildman–Crippen LogP) is 7.11. The first-order chi connectivity index (χ1) is 18.7. The Morgan fingerprint density at radius 3 is 2.27 bits per heavy atom. The zero-order valence-electron chi connectivity index (χ0n) is 24.8. The molecule has 0 fully saturated rings. The predicted molar refractivity (Wildman–Crippen MR) is 160 cm³/mol. The van der Waals surface area contributed by atoms with Crippen LogP contribution in [-0.2, 0) is 23.7 Å². The summed E-state index contributed by atoms with van der Waals surface area (Å²) in [5.74, 6) is -0.611. The molecular formula is C34H40N2O4. The van der Waals surface area contributed by atoms with Gasteiger partial charge in [0.05, 0.1) is 6.04 Å². The highest BCUT2D eigenvalue weighted by Gasteiger charge is 2.29. The second-order valence-corrected chi connectivity index (χ2v) is 12.2. The maximum Gasteiger partial charge on any atom is 0.347 e. The summed E-state index contributed by atoms with van der Waals surface area (Å²) in [7, 11) is 2.01. The van der Waals surface area contributed by atoms with Crippen molar-refractivity contribution in [1.82, 2.24) is 9.88 Å². The van der Waals surface area contributed by atoms with Gasteiger partial charge in [-0.2, -0.15) is 0 Å². The first-order valence-electron chi connectivity index (χ1n) is 13.7. The van der Waals surface area contributed by atoms with Crippen molar-refractivity contribution in [2.75, 3.05) is 0 Å². The highest BCUT2D eigenvalue weighted by atomic mass is 16.5. The number of aromatic nitrogens is 1. The number of fused-ring (bicyclic) bond motifs is 1. The standard InChI is InChI=1S/C34H40N2O4/c1-21(24-12-15-26(16-13-24)33(3,4)5)35-31(37)25-14-17-28-29(22(2)36(8)30(28)20-25)19-23-10-9-11-27(18-23)40-34(6,7)32(38)39/h9-18,20-21H,19H2,1-8H3,(H,35,37)(H,38,39)/t21-/m1/s1. The number of ether oxygens (including phenoxy) is 1. The lowest BCUT2D eigenvalue weighted by atomic mass is 9.86. The van der Waals surface area contributed by atoms with E-state index in [1.54, 1.807) is 6.07 Å². The Morgan fingerprint density at radius 2 is 1.65 bits per heavy atom. The number of amides is 1. The van der Waals surface area contributed by atoms with E-state index in [0.29, 0.717) is 17.7 Å². The Balaban J connectivity index is 1.55. The molecule has 0 aliphatic rings.